The summed E-state index contributed by atoms with van der Waals surface area (Å²) in [5, 5.41) is 7.57. The van der Waals surface area contributed by atoms with E-state index in [1.54, 1.807) is 19.1 Å². The van der Waals surface area contributed by atoms with Gasteiger partial charge in [0.15, 0.2) is 0 Å². The van der Waals surface area contributed by atoms with E-state index in [4.69, 9.17) is 15.6 Å². The Morgan fingerprint density at radius 3 is 2.44 bits per heavy atom. The van der Waals surface area contributed by atoms with Crippen molar-refractivity contribution in [3.05, 3.63) is 35.9 Å². The quantitative estimate of drug-likeness (QED) is 0.728. The summed E-state index contributed by atoms with van der Waals surface area (Å²) in [5.41, 5.74) is 6.03. The van der Waals surface area contributed by atoms with Gasteiger partial charge < -0.3 is 15.6 Å². The van der Waals surface area contributed by atoms with E-state index in [1.807, 2.05) is 18.2 Å². The number of rotatable bonds is 1. The maximum atomic E-state index is 11.2. The molecule has 16 heavy (non-hydrogen) atoms. The number of hydrogen-bond donors (Lipinski definition) is 2. The van der Waals surface area contributed by atoms with Crippen molar-refractivity contribution >= 4 is 11.9 Å². The summed E-state index contributed by atoms with van der Waals surface area (Å²) in [6, 6.07) is 9.08. The van der Waals surface area contributed by atoms with Crippen molar-refractivity contribution in [2.45, 2.75) is 13.0 Å². The SMILES string of the molecule is CCO.NC1=NC(=O)C(c2ccccc2)O1. The summed E-state index contributed by atoms with van der Waals surface area (Å²) in [5.74, 6) is -0.344. The van der Waals surface area contributed by atoms with Crippen LogP contribution >= 0.6 is 0 Å². The number of carbonyl (C=O) groups is 1. The Bertz CT molecular complexity index is 376. The van der Waals surface area contributed by atoms with Gasteiger partial charge in [-0.2, -0.15) is 4.99 Å². The molecule has 0 aromatic heterocycles. The van der Waals surface area contributed by atoms with Crippen LogP contribution < -0.4 is 5.73 Å². The molecule has 1 atom stereocenters. The molecule has 0 radical (unpaired) electrons. The van der Waals surface area contributed by atoms with Gasteiger partial charge in [-0.1, -0.05) is 30.3 Å². The lowest BCUT2D eigenvalue weighted by atomic mass is 10.1. The molecule has 1 unspecified atom stereocenters. The van der Waals surface area contributed by atoms with Gasteiger partial charge in [0.2, 0.25) is 6.10 Å². The summed E-state index contributed by atoms with van der Waals surface area (Å²) in [4.78, 5) is 14.7. The van der Waals surface area contributed by atoms with Gasteiger partial charge in [0.1, 0.15) is 0 Å². The van der Waals surface area contributed by atoms with Crippen molar-refractivity contribution in [2.75, 3.05) is 6.61 Å². The van der Waals surface area contributed by atoms with Gasteiger partial charge in [-0.05, 0) is 6.92 Å². The van der Waals surface area contributed by atoms with Gasteiger partial charge in [0.25, 0.3) is 11.9 Å². The molecule has 0 saturated heterocycles. The number of nitrogens with two attached hydrogens (primary N) is 1. The summed E-state index contributed by atoms with van der Waals surface area (Å²) in [7, 11) is 0. The molecule has 1 aromatic rings. The minimum Gasteiger partial charge on any atom is -0.447 e. The summed E-state index contributed by atoms with van der Waals surface area (Å²) >= 11 is 0. The highest BCUT2D eigenvalue weighted by Crippen LogP contribution is 2.22. The second-order valence-electron chi connectivity index (χ2n) is 3.01. The highest BCUT2D eigenvalue weighted by Gasteiger charge is 2.28. The molecule has 0 bridgehead atoms. The molecule has 1 amide bonds. The first-order valence-corrected chi connectivity index (χ1v) is 4.89. The van der Waals surface area contributed by atoms with Gasteiger partial charge in [0, 0.05) is 12.2 Å². The monoisotopic (exact) mass is 222 g/mol. The van der Waals surface area contributed by atoms with Crippen molar-refractivity contribution < 1.29 is 14.6 Å². The fourth-order valence-electron chi connectivity index (χ4n) is 1.20. The van der Waals surface area contributed by atoms with Crippen LogP contribution in [0.5, 0.6) is 0 Å². The highest BCUT2D eigenvalue weighted by molar-refractivity contribution is 5.98. The fraction of sp³-hybridized carbons (Fsp3) is 0.273. The van der Waals surface area contributed by atoms with Crippen LogP contribution in [0.2, 0.25) is 0 Å². The zero-order valence-electron chi connectivity index (χ0n) is 8.96. The number of ether oxygens (including phenoxy) is 1. The van der Waals surface area contributed by atoms with Crippen LogP contribution in [0.4, 0.5) is 0 Å². The third kappa shape index (κ3) is 3.06. The lowest BCUT2D eigenvalue weighted by Crippen LogP contribution is -2.13. The topological polar surface area (TPSA) is 84.9 Å². The molecule has 1 aliphatic heterocycles. The molecule has 1 aromatic carbocycles. The number of carbonyl (C=O) groups excluding carboxylic acids is 1. The van der Waals surface area contributed by atoms with Gasteiger partial charge in [-0.3, -0.25) is 4.79 Å². The zero-order valence-corrected chi connectivity index (χ0v) is 8.96. The fourth-order valence-corrected chi connectivity index (χ4v) is 1.20. The largest absolute Gasteiger partial charge is 0.447 e. The van der Waals surface area contributed by atoms with Gasteiger partial charge >= 0.3 is 0 Å². The van der Waals surface area contributed by atoms with Crippen LogP contribution in [0.25, 0.3) is 0 Å². The molecule has 3 N–H and O–H groups in total. The lowest BCUT2D eigenvalue weighted by Gasteiger charge is -2.07. The first-order valence-electron chi connectivity index (χ1n) is 4.89. The molecule has 5 heteroatoms. The van der Waals surface area contributed by atoms with Gasteiger partial charge in [0.05, 0.1) is 0 Å². The normalized spacial score (nSPS) is 18.2. The van der Waals surface area contributed by atoms with E-state index in [0.29, 0.717) is 0 Å². The summed E-state index contributed by atoms with van der Waals surface area (Å²) in [6.45, 7) is 1.93. The highest BCUT2D eigenvalue weighted by atomic mass is 16.5. The van der Waals surface area contributed by atoms with Crippen molar-refractivity contribution in [2.24, 2.45) is 10.7 Å². The predicted molar refractivity (Wildman–Crippen MR) is 59.7 cm³/mol. The first kappa shape index (κ1) is 12.2. The second-order valence-corrected chi connectivity index (χ2v) is 3.01. The lowest BCUT2D eigenvalue weighted by molar-refractivity contribution is -0.122. The molecule has 0 fully saturated rings. The smallest absolute Gasteiger partial charge is 0.296 e. The Kier molecular flexibility index (Phi) is 4.47. The zero-order chi connectivity index (χ0) is 12.0. The molecular weight excluding hydrogens is 208 g/mol. The number of aliphatic hydroxyl groups excluding tert-OH is 1. The Hall–Kier alpha value is -1.88. The van der Waals surface area contributed by atoms with E-state index in [2.05, 4.69) is 4.99 Å². The number of amidine groups is 1. The standard InChI is InChI=1S/C9H8N2O2.C2H6O/c10-9-11-8(12)7(13-9)6-4-2-1-3-5-6;1-2-3/h1-5,7H,(H2,10,11,12);3H,2H2,1H3. The van der Waals surface area contributed by atoms with Crippen molar-refractivity contribution in [3.8, 4) is 0 Å². The van der Waals surface area contributed by atoms with E-state index in [-0.39, 0.29) is 18.5 Å². The van der Waals surface area contributed by atoms with Crippen molar-refractivity contribution in [1.82, 2.24) is 0 Å². The molecule has 0 spiro atoms. The molecule has 2 rings (SSSR count). The van der Waals surface area contributed by atoms with Crippen LogP contribution in [0, 0.1) is 0 Å². The van der Waals surface area contributed by atoms with E-state index >= 15 is 0 Å². The molecule has 1 aliphatic rings. The van der Waals surface area contributed by atoms with Crippen molar-refractivity contribution in [3.63, 3.8) is 0 Å². The van der Waals surface area contributed by atoms with Gasteiger partial charge in [-0.25, -0.2) is 0 Å². The summed E-state index contributed by atoms with van der Waals surface area (Å²) < 4.78 is 5.04. The van der Waals surface area contributed by atoms with Crippen LogP contribution in [0.3, 0.4) is 0 Å². The minimum atomic E-state index is -0.652. The Balaban J connectivity index is 0.000000386. The van der Waals surface area contributed by atoms with E-state index in [1.165, 1.54) is 0 Å². The maximum Gasteiger partial charge on any atom is 0.296 e. The molecule has 0 aliphatic carbocycles. The molecule has 5 nitrogen and oxygen atoms in total. The third-order valence-corrected chi connectivity index (χ3v) is 1.79. The molecule has 86 valence electrons. The van der Waals surface area contributed by atoms with E-state index in [9.17, 15) is 4.79 Å². The number of nitrogens with zero attached hydrogens (tertiary/aromatic N) is 1. The average Bonchev–Trinajstić information content (AvgIpc) is 2.60. The number of amides is 1. The van der Waals surface area contributed by atoms with Gasteiger partial charge in [-0.15, -0.1) is 0 Å². The number of aliphatic hydroxyl groups is 1. The van der Waals surface area contributed by atoms with E-state index in [0.717, 1.165) is 5.56 Å². The molecular formula is C11H14N2O3. The predicted octanol–water partition coefficient (Wildman–Crippen LogP) is 0.598. The Morgan fingerprint density at radius 1 is 1.44 bits per heavy atom. The Labute approximate surface area is 93.6 Å². The second kappa shape index (κ2) is 5.87. The molecule has 0 saturated carbocycles. The van der Waals surface area contributed by atoms with Crippen LogP contribution in [0.1, 0.15) is 18.6 Å². The average molecular weight is 222 g/mol. The van der Waals surface area contributed by atoms with Crippen LogP contribution in [0.15, 0.2) is 35.3 Å². The van der Waals surface area contributed by atoms with Crippen LogP contribution in [-0.4, -0.2) is 23.6 Å². The maximum absolute atomic E-state index is 11.2. The minimum absolute atomic E-state index is 0.0566. The first-order chi connectivity index (χ1) is 7.69. The third-order valence-electron chi connectivity index (χ3n) is 1.79. The van der Waals surface area contributed by atoms with E-state index < -0.39 is 6.10 Å². The number of hydrogen-bond acceptors (Lipinski definition) is 4. The number of aliphatic imine (C=N–C) groups is 1. The Morgan fingerprint density at radius 2 is 2.00 bits per heavy atom. The molecule has 1 heterocycles. The number of benzene rings is 1. The summed E-state index contributed by atoms with van der Waals surface area (Å²) in [6.07, 6.45) is -0.652. The van der Waals surface area contributed by atoms with Crippen molar-refractivity contribution in [1.29, 1.82) is 0 Å². The van der Waals surface area contributed by atoms with Crippen LogP contribution in [-0.2, 0) is 9.53 Å².